The van der Waals surface area contributed by atoms with Crippen LogP contribution in [-0.2, 0) is 0 Å². The van der Waals surface area contributed by atoms with Crippen LogP contribution in [0.15, 0.2) is 0 Å². The minimum atomic E-state index is -0.403. The Morgan fingerprint density at radius 2 is 2.30 bits per heavy atom. The highest BCUT2D eigenvalue weighted by atomic mass is 16.2. The number of hydrogen-bond donors (Lipinski definition) is 2. The predicted octanol–water partition coefficient (Wildman–Crippen LogP) is 0.843. The van der Waals surface area contributed by atoms with Gasteiger partial charge in [-0.2, -0.15) is 0 Å². The molecule has 0 heterocycles. The third kappa shape index (κ3) is 1.62. The Hall–Kier alpha value is -0.730. The molecule has 1 rings (SSSR count). The second-order valence-corrected chi connectivity index (χ2v) is 2.99. The van der Waals surface area contributed by atoms with Gasteiger partial charge in [-0.25, -0.2) is 4.79 Å². The molecule has 0 spiro atoms. The van der Waals surface area contributed by atoms with E-state index in [-0.39, 0.29) is 6.04 Å². The maximum atomic E-state index is 10.4. The quantitative estimate of drug-likeness (QED) is 0.590. The molecule has 0 bridgehead atoms. The van der Waals surface area contributed by atoms with Crippen LogP contribution in [0.5, 0.6) is 0 Å². The topological polar surface area (TPSA) is 55.1 Å². The van der Waals surface area contributed by atoms with Crippen LogP contribution in [0.25, 0.3) is 0 Å². The molecular formula is C7H14N2O. The predicted molar refractivity (Wildman–Crippen MR) is 39.5 cm³/mol. The number of hydrogen-bond acceptors (Lipinski definition) is 1. The maximum absolute atomic E-state index is 10.4. The summed E-state index contributed by atoms with van der Waals surface area (Å²) in [5, 5.41) is 2.68. The van der Waals surface area contributed by atoms with E-state index in [9.17, 15) is 4.79 Å². The first-order chi connectivity index (χ1) is 4.70. The van der Waals surface area contributed by atoms with E-state index in [0.29, 0.717) is 5.92 Å². The summed E-state index contributed by atoms with van der Waals surface area (Å²) in [5.41, 5.74) is 4.96. The molecule has 10 heavy (non-hydrogen) atoms. The number of primary amides is 1. The first kappa shape index (κ1) is 7.38. The SMILES string of the molecule is CC(NC(N)=O)C1CCC1. The molecule has 58 valence electrons. The minimum absolute atomic E-state index is 0.270. The third-order valence-electron chi connectivity index (χ3n) is 2.23. The molecule has 0 saturated heterocycles. The highest BCUT2D eigenvalue weighted by Crippen LogP contribution is 2.29. The molecule has 2 amide bonds. The van der Waals surface area contributed by atoms with Crippen LogP contribution >= 0.6 is 0 Å². The lowest BCUT2D eigenvalue weighted by molar-refractivity contribution is 0.219. The number of nitrogens with two attached hydrogens (primary N) is 1. The summed E-state index contributed by atoms with van der Waals surface area (Å²) >= 11 is 0. The van der Waals surface area contributed by atoms with Gasteiger partial charge in [0.05, 0.1) is 0 Å². The molecule has 1 aliphatic rings. The molecule has 1 aliphatic carbocycles. The van der Waals surface area contributed by atoms with E-state index in [1.807, 2.05) is 6.92 Å². The third-order valence-corrected chi connectivity index (χ3v) is 2.23. The Morgan fingerprint density at radius 3 is 2.60 bits per heavy atom. The van der Waals surface area contributed by atoms with Crippen LogP contribution in [0.1, 0.15) is 26.2 Å². The van der Waals surface area contributed by atoms with Crippen molar-refractivity contribution in [2.45, 2.75) is 32.2 Å². The monoisotopic (exact) mass is 142 g/mol. The average molecular weight is 142 g/mol. The Bertz CT molecular complexity index is 132. The lowest BCUT2D eigenvalue weighted by atomic mass is 9.80. The zero-order chi connectivity index (χ0) is 7.56. The number of nitrogens with one attached hydrogen (secondary N) is 1. The zero-order valence-corrected chi connectivity index (χ0v) is 6.26. The van der Waals surface area contributed by atoms with Gasteiger partial charge in [-0.15, -0.1) is 0 Å². The van der Waals surface area contributed by atoms with Crippen LogP contribution in [-0.4, -0.2) is 12.1 Å². The standard InChI is InChI=1S/C7H14N2O/c1-5(9-7(8)10)6-3-2-4-6/h5-6H,2-4H2,1H3,(H3,8,9,10). The molecule has 0 aromatic carbocycles. The lowest BCUT2D eigenvalue weighted by Gasteiger charge is -2.31. The maximum Gasteiger partial charge on any atom is 0.312 e. The summed E-state index contributed by atoms with van der Waals surface area (Å²) in [4.78, 5) is 10.4. The average Bonchev–Trinajstić information content (AvgIpc) is 1.55. The summed E-state index contributed by atoms with van der Waals surface area (Å²) in [6.07, 6.45) is 3.78. The Kier molecular flexibility index (Phi) is 2.14. The van der Waals surface area contributed by atoms with E-state index in [4.69, 9.17) is 5.73 Å². The van der Waals surface area contributed by atoms with Gasteiger partial charge >= 0.3 is 6.03 Å². The highest BCUT2D eigenvalue weighted by Gasteiger charge is 2.24. The smallest absolute Gasteiger partial charge is 0.312 e. The van der Waals surface area contributed by atoms with Gasteiger partial charge < -0.3 is 11.1 Å². The number of urea groups is 1. The molecule has 3 nitrogen and oxygen atoms in total. The largest absolute Gasteiger partial charge is 0.352 e. The van der Waals surface area contributed by atoms with E-state index in [1.54, 1.807) is 0 Å². The van der Waals surface area contributed by atoms with Crippen LogP contribution in [0.4, 0.5) is 4.79 Å². The van der Waals surface area contributed by atoms with Crippen LogP contribution in [0.2, 0.25) is 0 Å². The van der Waals surface area contributed by atoms with Crippen molar-refractivity contribution in [3.63, 3.8) is 0 Å². The fourth-order valence-electron chi connectivity index (χ4n) is 1.28. The van der Waals surface area contributed by atoms with E-state index in [0.717, 1.165) is 0 Å². The first-order valence-electron chi connectivity index (χ1n) is 3.76. The van der Waals surface area contributed by atoms with Gasteiger partial charge in [0.1, 0.15) is 0 Å². The molecule has 1 unspecified atom stereocenters. The van der Waals surface area contributed by atoms with Gasteiger partial charge in [0.2, 0.25) is 0 Å². The highest BCUT2D eigenvalue weighted by molar-refractivity contribution is 5.71. The van der Waals surface area contributed by atoms with E-state index < -0.39 is 6.03 Å². The van der Waals surface area contributed by atoms with Crippen molar-refractivity contribution >= 4 is 6.03 Å². The Labute approximate surface area is 61.0 Å². The molecule has 0 aliphatic heterocycles. The van der Waals surface area contributed by atoms with Crippen molar-refractivity contribution in [2.24, 2.45) is 11.7 Å². The van der Waals surface area contributed by atoms with Gasteiger partial charge in [-0.1, -0.05) is 6.42 Å². The molecule has 3 heteroatoms. The van der Waals surface area contributed by atoms with Crippen molar-refractivity contribution in [1.82, 2.24) is 5.32 Å². The summed E-state index contributed by atoms with van der Waals surface area (Å²) in [5.74, 6) is 0.674. The number of amides is 2. The second-order valence-electron chi connectivity index (χ2n) is 2.99. The van der Waals surface area contributed by atoms with Crippen molar-refractivity contribution in [3.8, 4) is 0 Å². The van der Waals surface area contributed by atoms with Crippen LogP contribution in [0.3, 0.4) is 0 Å². The molecule has 3 N–H and O–H groups in total. The lowest BCUT2D eigenvalue weighted by Crippen LogP contribution is -2.43. The Morgan fingerprint density at radius 1 is 1.70 bits per heavy atom. The van der Waals surface area contributed by atoms with Gasteiger partial charge in [0, 0.05) is 6.04 Å². The zero-order valence-electron chi connectivity index (χ0n) is 6.26. The number of rotatable bonds is 2. The summed E-state index contributed by atoms with van der Waals surface area (Å²) in [6.45, 7) is 2.01. The van der Waals surface area contributed by atoms with Crippen molar-refractivity contribution in [1.29, 1.82) is 0 Å². The molecule has 0 aromatic heterocycles. The van der Waals surface area contributed by atoms with Crippen molar-refractivity contribution in [3.05, 3.63) is 0 Å². The van der Waals surface area contributed by atoms with Crippen molar-refractivity contribution < 1.29 is 4.79 Å². The van der Waals surface area contributed by atoms with Gasteiger partial charge in [0.25, 0.3) is 0 Å². The number of carbonyl (C=O) groups excluding carboxylic acids is 1. The normalized spacial score (nSPS) is 21.3. The fraction of sp³-hybridized carbons (Fsp3) is 0.857. The molecule has 1 atom stereocenters. The molecule has 0 aromatic rings. The van der Waals surface area contributed by atoms with Crippen LogP contribution in [0, 0.1) is 5.92 Å². The second kappa shape index (κ2) is 2.90. The minimum Gasteiger partial charge on any atom is -0.352 e. The molecular weight excluding hydrogens is 128 g/mol. The van der Waals surface area contributed by atoms with Gasteiger partial charge in [-0.3, -0.25) is 0 Å². The van der Waals surface area contributed by atoms with E-state index in [2.05, 4.69) is 5.32 Å². The molecule has 1 saturated carbocycles. The van der Waals surface area contributed by atoms with Gasteiger partial charge in [-0.05, 0) is 25.7 Å². The molecule has 0 radical (unpaired) electrons. The summed E-state index contributed by atoms with van der Waals surface area (Å²) in [7, 11) is 0. The number of carbonyl (C=O) groups is 1. The summed E-state index contributed by atoms with van der Waals surface area (Å²) in [6, 6.07) is -0.134. The van der Waals surface area contributed by atoms with Gasteiger partial charge in [0.15, 0.2) is 0 Å². The van der Waals surface area contributed by atoms with E-state index in [1.165, 1.54) is 19.3 Å². The summed E-state index contributed by atoms with van der Waals surface area (Å²) < 4.78 is 0. The van der Waals surface area contributed by atoms with Crippen LogP contribution < -0.4 is 11.1 Å². The molecule has 1 fully saturated rings. The van der Waals surface area contributed by atoms with E-state index >= 15 is 0 Å². The Balaban J connectivity index is 2.19. The first-order valence-corrected chi connectivity index (χ1v) is 3.76. The van der Waals surface area contributed by atoms with Crippen molar-refractivity contribution in [2.75, 3.05) is 0 Å². The fourth-order valence-corrected chi connectivity index (χ4v) is 1.28.